The number of aromatic nitrogens is 1. The number of nitrogens with one attached hydrogen (secondary N) is 2. The molecule has 0 fully saturated rings. The van der Waals surface area contributed by atoms with Crippen LogP contribution in [0.15, 0.2) is 66.7 Å². The van der Waals surface area contributed by atoms with Gasteiger partial charge in [0.1, 0.15) is 5.01 Å². The lowest BCUT2D eigenvalue weighted by molar-refractivity contribution is 0.251. The summed E-state index contributed by atoms with van der Waals surface area (Å²) in [6, 6.07) is 22.0. The van der Waals surface area contributed by atoms with Crippen molar-refractivity contribution >= 4 is 33.3 Å². The number of aryl methyl sites for hydroxylation is 2. The van der Waals surface area contributed by atoms with Crippen molar-refractivity contribution in [1.29, 1.82) is 0 Å². The Kier molecular flexibility index (Phi) is 5.08. The van der Waals surface area contributed by atoms with Crippen molar-refractivity contribution in [2.75, 3.05) is 5.32 Å². The maximum atomic E-state index is 12.2. The Morgan fingerprint density at radius 3 is 2.54 bits per heavy atom. The van der Waals surface area contributed by atoms with Gasteiger partial charge in [-0.3, -0.25) is 0 Å². The first-order valence-electron chi connectivity index (χ1n) is 9.15. The summed E-state index contributed by atoms with van der Waals surface area (Å²) in [6.07, 6.45) is 0. The van der Waals surface area contributed by atoms with E-state index in [2.05, 4.69) is 22.8 Å². The molecule has 3 aromatic carbocycles. The summed E-state index contributed by atoms with van der Waals surface area (Å²) in [5.74, 6) is 0. The average Bonchev–Trinajstić information content (AvgIpc) is 3.13. The zero-order valence-corrected chi connectivity index (χ0v) is 16.6. The van der Waals surface area contributed by atoms with Crippen LogP contribution in [0.3, 0.4) is 0 Å². The zero-order chi connectivity index (χ0) is 19.5. The lowest BCUT2D eigenvalue weighted by Crippen LogP contribution is -2.28. The lowest BCUT2D eigenvalue weighted by Gasteiger charge is -2.11. The molecule has 0 atom stereocenters. The van der Waals surface area contributed by atoms with E-state index in [1.165, 1.54) is 10.3 Å². The first-order valence-corrected chi connectivity index (χ1v) is 9.97. The predicted molar refractivity (Wildman–Crippen MR) is 117 cm³/mol. The Morgan fingerprint density at radius 2 is 1.79 bits per heavy atom. The number of carbonyl (C=O) groups is 1. The van der Waals surface area contributed by atoms with Gasteiger partial charge in [-0.25, -0.2) is 9.78 Å². The van der Waals surface area contributed by atoms with Gasteiger partial charge in [0.15, 0.2) is 0 Å². The molecular formula is C23H21N3OS. The minimum Gasteiger partial charge on any atom is -0.334 e. The van der Waals surface area contributed by atoms with Crippen LogP contribution >= 0.6 is 11.3 Å². The number of hydrogen-bond donors (Lipinski definition) is 2. The molecule has 28 heavy (non-hydrogen) atoms. The largest absolute Gasteiger partial charge is 0.334 e. The second-order valence-electron chi connectivity index (χ2n) is 6.81. The molecule has 0 saturated heterocycles. The van der Waals surface area contributed by atoms with Crippen LogP contribution in [0.2, 0.25) is 0 Å². The second kappa shape index (κ2) is 7.82. The third-order valence-electron chi connectivity index (χ3n) is 4.59. The molecule has 0 aliphatic heterocycles. The van der Waals surface area contributed by atoms with E-state index in [-0.39, 0.29) is 6.03 Å². The van der Waals surface area contributed by atoms with Crippen molar-refractivity contribution in [2.45, 2.75) is 20.4 Å². The third-order valence-corrected chi connectivity index (χ3v) is 5.67. The minimum atomic E-state index is -0.212. The fraction of sp³-hybridized carbons (Fsp3) is 0.130. The standard InChI is InChI=1S/C23H21N3OS/c1-15-7-9-17(10-8-15)14-24-23(27)26-19-12-11-18(13-16(19)2)22-25-20-5-3-4-6-21(20)28-22/h3-13H,14H2,1-2H3,(H2,24,26,27). The van der Waals surface area contributed by atoms with Crippen LogP contribution in [-0.2, 0) is 6.54 Å². The molecule has 0 bridgehead atoms. The van der Waals surface area contributed by atoms with Crippen LogP contribution in [0.1, 0.15) is 16.7 Å². The van der Waals surface area contributed by atoms with Gasteiger partial charge in [0, 0.05) is 17.8 Å². The van der Waals surface area contributed by atoms with Gasteiger partial charge in [-0.1, -0.05) is 42.0 Å². The number of carbonyl (C=O) groups excluding carboxylic acids is 1. The Labute approximate surface area is 168 Å². The summed E-state index contributed by atoms with van der Waals surface area (Å²) in [4.78, 5) is 16.9. The lowest BCUT2D eigenvalue weighted by atomic mass is 10.1. The van der Waals surface area contributed by atoms with Crippen LogP contribution < -0.4 is 10.6 Å². The predicted octanol–water partition coefficient (Wildman–Crippen LogP) is 5.90. The molecule has 2 N–H and O–H groups in total. The number of anilines is 1. The number of urea groups is 1. The fourth-order valence-electron chi connectivity index (χ4n) is 2.99. The molecule has 4 aromatic rings. The van der Waals surface area contributed by atoms with E-state index in [0.29, 0.717) is 6.54 Å². The van der Waals surface area contributed by atoms with Crippen LogP contribution in [-0.4, -0.2) is 11.0 Å². The molecular weight excluding hydrogens is 366 g/mol. The molecule has 140 valence electrons. The van der Waals surface area contributed by atoms with E-state index in [1.807, 2.05) is 68.4 Å². The second-order valence-corrected chi connectivity index (χ2v) is 7.84. The van der Waals surface area contributed by atoms with Crippen molar-refractivity contribution in [3.05, 3.63) is 83.4 Å². The number of para-hydroxylation sites is 1. The van der Waals surface area contributed by atoms with E-state index in [0.717, 1.165) is 32.9 Å². The first kappa shape index (κ1) is 18.2. The SMILES string of the molecule is Cc1ccc(CNC(=O)Nc2ccc(-c3nc4ccccc4s3)cc2C)cc1. The molecule has 0 unspecified atom stereocenters. The van der Waals surface area contributed by atoms with Gasteiger partial charge >= 0.3 is 6.03 Å². The molecule has 0 spiro atoms. The molecule has 4 rings (SSSR count). The molecule has 0 saturated carbocycles. The van der Waals surface area contributed by atoms with Gasteiger partial charge in [-0.05, 0) is 55.3 Å². The van der Waals surface area contributed by atoms with Gasteiger partial charge in [0.2, 0.25) is 0 Å². The highest BCUT2D eigenvalue weighted by molar-refractivity contribution is 7.21. The Morgan fingerprint density at radius 1 is 1.00 bits per heavy atom. The summed E-state index contributed by atoms with van der Waals surface area (Å²) >= 11 is 1.67. The van der Waals surface area contributed by atoms with E-state index >= 15 is 0 Å². The van der Waals surface area contributed by atoms with E-state index in [9.17, 15) is 4.79 Å². The summed E-state index contributed by atoms with van der Waals surface area (Å²) in [7, 11) is 0. The van der Waals surface area contributed by atoms with Gasteiger partial charge in [0.25, 0.3) is 0 Å². The Bertz CT molecular complexity index is 1100. The monoisotopic (exact) mass is 387 g/mol. The smallest absolute Gasteiger partial charge is 0.319 e. The average molecular weight is 388 g/mol. The molecule has 1 aromatic heterocycles. The van der Waals surface area contributed by atoms with Crippen molar-refractivity contribution in [3.8, 4) is 10.6 Å². The molecule has 2 amide bonds. The van der Waals surface area contributed by atoms with E-state index < -0.39 is 0 Å². The van der Waals surface area contributed by atoms with E-state index in [1.54, 1.807) is 11.3 Å². The quantitative estimate of drug-likeness (QED) is 0.458. The minimum absolute atomic E-state index is 0.212. The molecule has 0 aliphatic rings. The van der Waals surface area contributed by atoms with Gasteiger partial charge < -0.3 is 10.6 Å². The van der Waals surface area contributed by atoms with Crippen LogP contribution in [0, 0.1) is 13.8 Å². The maximum absolute atomic E-state index is 12.2. The van der Waals surface area contributed by atoms with Crippen molar-refractivity contribution in [3.63, 3.8) is 0 Å². The zero-order valence-electron chi connectivity index (χ0n) is 15.8. The van der Waals surface area contributed by atoms with Crippen LogP contribution in [0.4, 0.5) is 10.5 Å². The van der Waals surface area contributed by atoms with Gasteiger partial charge in [0.05, 0.1) is 10.2 Å². The number of benzene rings is 3. The van der Waals surface area contributed by atoms with Crippen molar-refractivity contribution < 1.29 is 4.79 Å². The highest BCUT2D eigenvalue weighted by Crippen LogP contribution is 2.31. The summed E-state index contributed by atoms with van der Waals surface area (Å²) in [5.41, 5.74) is 6.15. The summed E-state index contributed by atoms with van der Waals surface area (Å²) in [6.45, 7) is 4.53. The topological polar surface area (TPSA) is 54.0 Å². The third kappa shape index (κ3) is 4.05. The van der Waals surface area contributed by atoms with Gasteiger partial charge in [-0.2, -0.15) is 0 Å². The first-order chi connectivity index (χ1) is 13.6. The maximum Gasteiger partial charge on any atom is 0.319 e. The molecule has 1 heterocycles. The number of nitrogens with zero attached hydrogens (tertiary/aromatic N) is 1. The summed E-state index contributed by atoms with van der Waals surface area (Å²) in [5, 5.41) is 6.81. The van der Waals surface area contributed by atoms with E-state index in [4.69, 9.17) is 4.98 Å². The number of thiazole rings is 1. The number of amides is 2. The fourth-order valence-corrected chi connectivity index (χ4v) is 3.95. The molecule has 0 radical (unpaired) electrons. The van der Waals surface area contributed by atoms with Crippen molar-refractivity contribution in [1.82, 2.24) is 10.3 Å². The van der Waals surface area contributed by atoms with Crippen LogP contribution in [0.5, 0.6) is 0 Å². The normalized spacial score (nSPS) is 10.8. The van der Waals surface area contributed by atoms with Crippen molar-refractivity contribution in [2.24, 2.45) is 0 Å². The Balaban J connectivity index is 1.43. The number of hydrogen-bond acceptors (Lipinski definition) is 3. The number of rotatable bonds is 4. The Hall–Kier alpha value is -3.18. The molecule has 0 aliphatic carbocycles. The summed E-state index contributed by atoms with van der Waals surface area (Å²) < 4.78 is 1.17. The highest BCUT2D eigenvalue weighted by Gasteiger charge is 2.09. The molecule has 5 heteroatoms. The van der Waals surface area contributed by atoms with Crippen LogP contribution in [0.25, 0.3) is 20.8 Å². The highest BCUT2D eigenvalue weighted by atomic mass is 32.1. The number of fused-ring (bicyclic) bond motifs is 1. The molecule has 4 nitrogen and oxygen atoms in total. The van der Waals surface area contributed by atoms with Gasteiger partial charge in [-0.15, -0.1) is 11.3 Å².